The van der Waals surface area contributed by atoms with Gasteiger partial charge in [-0.15, -0.1) is 11.8 Å². The summed E-state index contributed by atoms with van der Waals surface area (Å²) in [5, 5.41) is 3.19. The molecule has 26 heavy (non-hydrogen) atoms. The number of rotatable bonds is 6. The molecule has 1 atom stereocenters. The van der Waals surface area contributed by atoms with Crippen LogP contribution in [0.1, 0.15) is 33.1 Å². The van der Waals surface area contributed by atoms with Crippen LogP contribution in [0.2, 0.25) is 0 Å². The minimum absolute atomic E-state index is 0.0386. The maximum Gasteiger partial charge on any atom is 0.251 e. The molecule has 132 valence electrons. The Morgan fingerprint density at radius 3 is 2.04 bits per heavy atom. The number of hydrogen-bond donors (Lipinski definition) is 1. The van der Waals surface area contributed by atoms with E-state index in [9.17, 15) is 4.79 Å². The molecule has 0 spiro atoms. The number of carbonyl (C=O) groups excluding carboxylic acids is 1. The van der Waals surface area contributed by atoms with Crippen LogP contribution in [-0.2, 0) is 0 Å². The van der Waals surface area contributed by atoms with Gasteiger partial charge in [0.2, 0.25) is 0 Å². The van der Waals surface area contributed by atoms with E-state index in [1.807, 2.05) is 49.4 Å². The van der Waals surface area contributed by atoms with E-state index in [-0.39, 0.29) is 11.9 Å². The zero-order valence-corrected chi connectivity index (χ0v) is 15.9. The molecule has 0 aliphatic rings. The molecule has 0 saturated carbocycles. The number of aryl methyl sites for hydroxylation is 2. The van der Waals surface area contributed by atoms with Gasteiger partial charge < -0.3 is 5.32 Å². The number of benzene rings is 3. The van der Waals surface area contributed by atoms with E-state index in [0.29, 0.717) is 5.56 Å². The lowest BCUT2D eigenvalue weighted by Gasteiger charge is -2.19. The highest BCUT2D eigenvalue weighted by atomic mass is 32.2. The van der Waals surface area contributed by atoms with Crippen LogP contribution in [0.15, 0.2) is 83.8 Å². The molecule has 0 aliphatic heterocycles. The summed E-state index contributed by atoms with van der Waals surface area (Å²) in [7, 11) is 0. The van der Waals surface area contributed by atoms with Gasteiger partial charge in [0.1, 0.15) is 0 Å². The molecule has 1 amide bonds. The van der Waals surface area contributed by atoms with E-state index in [2.05, 4.69) is 48.6 Å². The summed E-state index contributed by atoms with van der Waals surface area (Å²) >= 11 is 1.76. The molecule has 3 aromatic carbocycles. The molecule has 2 nitrogen and oxygen atoms in total. The molecule has 3 aromatic rings. The average Bonchev–Trinajstić information content (AvgIpc) is 2.67. The van der Waals surface area contributed by atoms with Gasteiger partial charge >= 0.3 is 0 Å². The normalized spacial score (nSPS) is 11.8. The van der Waals surface area contributed by atoms with E-state index in [4.69, 9.17) is 0 Å². The lowest BCUT2D eigenvalue weighted by molar-refractivity contribution is 0.0940. The molecular weight excluding hydrogens is 338 g/mol. The van der Waals surface area contributed by atoms with Crippen LogP contribution in [-0.4, -0.2) is 11.7 Å². The Balaban J connectivity index is 1.74. The van der Waals surface area contributed by atoms with Crippen LogP contribution in [0.5, 0.6) is 0 Å². The van der Waals surface area contributed by atoms with Crippen molar-refractivity contribution in [3.05, 3.63) is 101 Å². The molecule has 1 unspecified atom stereocenters. The van der Waals surface area contributed by atoms with Crippen molar-refractivity contribution >= 4 is 17.7 Å². The highest BCUT2D eigenvalue weighted by Gasteiger charge is 2.16. The second-order valence-corrected chi connectivity index (χ2v) is 7.52. The van der Waals surface area contributed by atoms with Gasteiger partial charge in [0.15, 0.2) is 0 Å². The van der Waals surface area contributed by atoms with Crippen molar-refractivity contribution in [1.82, 2.24) is 5.32 Å². The third-order valence-corrected chi connectivity index (χ3v) is 5.36. The SMILES string of the molecule is Cc1ccc(SCC(NC(=O)c2ccc(C)cc2)c2ccccc2)cc1. The van der Waals surface area contributed by atoms with Gasteiger partial charge in [-0.05, 0) is 43.7 Å². The van der Waals surface area contributed by atoms with Crippen LogP contribution >= 0.6 is 11.8 Å². The summed E-state index contributed by atoms with van der Waals surface area (Å²) in [5.41, 5.74) is 4.21. The minimum atomic E-state index is -0.0451. The van der Waals surface area contributed by atoms with Crippen LogP contribution in [0.4, 0.5) is 0 Å². The molecule has 0 aliphatic carbocycles. The fraction of sp³-hybridized carbons (Fsp3) is 0.174. The van der Waals surface area contributed by atoms with Crippen LogP contribution in [0.25, 0.3) is 0 Å². The largest absolute Gasteiger partial charge is 0.344 e. The van der Waals surface area contributed by atoms with Crippen molar-refractivity contribution in [2.24, 2.45) is 0 Å². The highest BCUT2D eigenvalue weighted by Crippen LogP contribution is 2.25. The summed E-state index contributed by atoms with van der Waals surface area (Å²) in [6, 6.07) is 26.3. The second kappa shape index (κ2) is 8.72. The van der Waals surface area contributed by atoms with E-state index in [1.54, 1.807) is 11.8 Å². The molecule has 0 heterocycles. The van der Waals surface area contributed by atoms with Crippen molar-refractivity contribution < 1.29 is 4.79 Å². The quantitative estimate of drug-likeness (QED) is 0.582. The maximum absolute atomic E-state index is 12.7. The van der Waals surface area contributed by atoms with E-state index >= 15 is 0 Å². The highest BCUT2D eigenvalue weighted by molar-refractivity contribution is 7.99. The lowest BCUT2D eigenvalue weighted by atomic mass is 10.1. The monoisotopic (exact) mass is 361 g/mol. The number of hydrogen-bond acceptors (Lipinski definition) is 2. The lowest BCUT2D eigenvalue weighted by Crippen LogP contribution is -2.30. The summed E-state index contributed by atoms with van der Waals surface area (Å²) in [6.45, 7) is 4.11. The fourth-order valence-corrected chi connectivity index (χ4v) is 3.63. The van der Waals surface area contributed by atoms with Crippen LogP contribution in [0, 0.1) is 13.8 Å². The number of nitrogens with one attached hydrogen (secondary N) is 1. The smallest absolute Gasteiger partial charge is 0.251 e. The number of carbonyl (C=O) groups is 1. The Morgan fingerprint density at radius 1 is 0.846 bits per heavy atom. The molecule has 0 saturated heterocycles. The van der Waals surface area contributed by atoms with Gasteiger partial charge in [-0.2, -0.15) is 0 Å². The summed E-state index contributed by atoms with van der Waals surface area (Å²) < 4.78 is 0. The summed E-state index contributed by atoms with van der Waals surface area (Å²) in [6.07, 6.45) is 0. The van der Waals surface area contributed by atoms with Gasteiger partial charge in [-0.1, -0.05) is 65.7 Å². The van der Waals surface area contributed by atoms with E-state index in [0.717, 1.165) is 16.9 Å². The first-order valence-electron chi connectivity index (χ1n) is 8.74. The second-order valence-electron chi connectivity index (χ2n) is 6.43. The first kappa shape index (κ1) is 18.3. The molecule has 0 aromatic heterocycles. The average molecular weight is 362 g/mol. The van der Waals surface area contributed by atoms with Gasteiger partial charge in [-0.3, -0.25) is 4.79 Å². The Labute approximate surface area is 159 Å². The van der Waals surface area contributed by atoms with Gasteiger partial charge in [0, 0.05) is 16.2 Å². The van der Waals surface area contributed by atoms with Gasteiger partial charge in [0.05, 0.1) is 6.04 Å². The third-order valence-electron chi connectivity index (χ3n) is 4.26. The minimum Gasteiger partial charge on any atom is -0.344 e. The summed E-state index contributed by atoms with van der Waals surface area (Å²) in [4.78, 5) is 13.9. The topological polar surface area (TPSA) is 29.1 Å². The Morgan fingerprint density at radius 2 is 1.42 bits per heavy atom. The molecule has 1 N–H and O–H groups in total. The van der Waals surface area contributed by atoms with Crippen molar-refractivity contribution in [1.29, 1.82) is 0 Å². The zero-order chi connectivity index (χ0) is 18.4. The molecular formula is C23H23NOS. The van der Waals surface area contributed by atoms with E-state index in [1.165, 1.54) is 10.5 Å². The predicted molar refractivity (Wildman–Crippen MR) is 110 cm³/mol. The predicted octanol–water partition coefficient (Wildman–Crippen LogP) is 5.57. The van der Waals surface area contributed by atoms with E-state index < -0.39 is 0 Å². The fourth-order valence-electron chi connectivity index (χ4n) is 2.67. The first-order valence-corrected chi connectivity index (χ1v) is 9.72. The van der Waals surface area contributed by atoms with Crippen LogP contribution < -0.4 is 5.32 Å². The third kappa shape index (κ3) is 4.99. The Kier molecular flexibility index (Phi) is 6.13. The standard InChI is InChI=1S/C23H23NOS/c1-17-8-12-20(13-9-17)23(25)24-22(19-6-4-3-5-7-19)16-26-21-14-10-18(2)11-15-21/h3-15,22H,16H2,1-2H3,(H,24,25). The zero-order valence-electron chi connectivity index (χ0n) is 15.1. The van der Waals surface area contributed by atoms with Gasteiger partial charge in [0.25, 0.3) is 5.91 Å². The van der Waals surface area contributed by atoms with Crippen molar-refractivity contribution in [2.75, 3.05) is 5.75 Å². The Hall–Kier alpha value is -2.52. The maximum atomic E-state index is 12.7. The van der Waals surface area contributed by atoms with Crippen molar-refractivity contribution in [3.8, 4) is 0 Å². The van der Waals surface area contributed by atoms with Gasteiger partial charge in [-0.25, -0.2) is 0 Å². The molecule has 0 fully saturated rings. The van der Waals surface area contributed by atoms with Crippen molar-refractivity contribution in [2.45, 2.75) is 24.8 Å². The Bertz CT molecular complexity index is 842. The molecule has 3 heteroatoms. The van der Waals surface area contributed by atoms with Crippen LogP contribution in [0.3, 0.4) is 0 Å². The molecule has 3 rings (SSSR count). The molecule has 0 radical (unpaired) electrons. The number of amides is 1. The summed E-state index contributed by atoms with van der Waals surface area (Å²) in [5.74, 6) is 0.744. The molecule has 0 bridgehead atoms. The first-order chi connectivity index (χ1) is 12.6. The number of thioether (sulfide) groups is 1. The van der Waals surface area contributed by atoms with Crippen molar-refractivity contribution in [3.63, 3.8) is 0 Å².